The number of amides is 2. The van der Waals surface area contributed by atoms with Crippen molar-refractivity contribution in [3.63, 3.8) is 0 Å². The first kappa shape index (κ1) is 36.7. The maximum Gasteiger partial charge on any atom is 0.481 e. The molecule has 1 heterocycles. The summed E-state index contributed by atoms with van der Waals surface area (Å²) < 4.78 is 23.2. The molecule has 3 saturated carbocycles. The molecule has 0 aromatic rings. The quantitative estimate of drug-likeness (QED) is 0.0392. The number of nitrogens with zero attached hydrogens (tertiary/aromatic N) is 2. The molecule has 16 heteroatoms. The van der Waals surface area contributed by atoms with Gasteiger partial charge in [0.15, 0.2) is 10.8 Å². The predicted molar refractivity (Wildman–Crippen MR) is 166 cm³/mol. The summed E-state index contributed by atoms with van der Waals surface area (Å²) in [4.78, 5) is 53.2. The van der Waals surface area contributed by atoms with Crippen molar-refractivity contribution >= 4 is 30.7 Å². The predicted octanol–water partition coefficient (Wildman–Crippen LogP) is 1.02. The number of carbonyl (C=O) groups excluding carboxylic acids is 3. The van der Waals surface area contributed by atoms with E-state index in [0.29, 0.717) is 31.3 Å². The molecule has 15 nitrogen and oxygen atoms in total. The van der Waals surface area contributed by atoms with E-state index in [4.69, 9.17) is 24.5 Å². The fraction of sp³-hybridized carbons (Fsp3) is 0.862. The van der Waals surface area contributed by atoms with Crippen molar-refractivity contribution in [2.24, 2.45) is 39.8 Å². The van der Waals surface area contributed by atoms with E-state index in [9.17, 15) is 24.5 Å². The highest BCUT2D eigenvalue weighted by atomic mass is 16.7. The lowest BCUT2D eigenvalue weighted by Crippen LogP contribution is -2.65. The molecule has 0 aromatic heterocycles. The number of nitrogens with one attached hydrogen (secondary N) is 3. The molecule has 0 aromatic carbocycles. The second-order valence-corrected chi connectivity index (χ2v) is 13.6. The third-order valence-corrected chi connectivity index (χ3v) is 9.54. The summed E-state index contributed by atoms with van der Waals surface area (Å²) >= 11 is 0. The van der Waals surface area contributed by atoms with E-state index in [1.54, 1.807) is 5.43 Å². The molecule has 45 heavy (non-hydrogen) atoms. The highest BCUT2D eigenvalue weighted by Crippen LogP contribution is 2.65. The van der Waals surface area contributed by atoms with Crippen molar-refractivity contribution in [2.75, 3.05) is 40.0 Å². The maximum absolute atomic E-state index is 13.8. The van der Waals surface area contributed by atoms with Gasteiger partial charge in [-0.2, -0.15) is 0 Å². The Kier molecular flexibility index (Phi) is 13.1. The van der Waals surface area contributed by atoms with Crippen LogP contribution in [-0.4, -0.2) is 93.4 Å². The summed E-state index contributed by atoms with van der Waals surface area (Å²) in [7, 11) is 0.904. The number of hydrogen-bond donors (Lipinski definition) is 4. The van der Waals surface area contributed by atoms with Gasteiger partial charge < -0.3 is 35.1 Å². The van der Waals surface area contributed by atoms with E-state index in [0.717, 1.165) is 12.8 Å². The van der Waals surface area contributed by atoms with Gasteiger partial charge in [-0.25, -0.2) is 15.1 Å². The lowest BCUT2D eigenvalue weighted by molar-refractivity contribution is -0.525. The first-order valence-corrected chi connectivity index (χ1v) is 15.9. The van der Waals surface area contributed by atoms with Crippen molar-refractivity contribution < 1.29 is 38.2 Å². The molecule has 2 amide bonds. The van der Waals surface area contributed by atoms with Crippen LogP contribution in [0.15, 0.2) is 4.99 Å². The van der Waals surface area contributed by atoms with Crippen LogP contribution in [0.5, 0.6) is 0 Å². The van der Waals surface area contributed by atoms with E-state index < -0.39 is 35.5 Å². The number of carbonyl (C=O) groups is 3. The smallest absolute Gasteiger partial charge is 0.404 e. The number of nitro groups is 1. The van der Waals surface area contributed by atoms with Gasteiger partial charge >= 0.3 is 7.12 Å². The topological polar surface area (TPSA) is 206 Å². The van der Waals surface area contributed by atoms with Crippen LogP contribution in [0.1, 0.15) is 73.1 Å². The molecule has 4 aliphatic rings. The Bertz CT molecular complexity index is 1090. The molecular weight excluding hydrogens is 587 g/mol. The second kappa shape index (κ2) is 16.1. The Labute approximate surface area is 265 Å². The SMILES string of the molecule is COCCOCC(=O)NCC(=O)C[C@@H](CCCN=C(N)N[N+](=O)[O-])C(=O)N[C@@H](CC(C)C)B1O[C@@H]2C[C@@H]3C[C@@H](C3(C)C)[C@]2(C)O1. The van der Waals surface area contributed by atoms with Crippen molar-refractivity contribution in [3.05, 3.63) is 10.1 Å². The Morgan fingerprint density at radius 2 is 1.93 bits per heavy atom. The fourth-order valence-corrected chi connectivity index (χ4v) is 7.01. The Hall–Kier alpha value is -2.82. The fourth-order valence-electron chi connectivity index (χ4n) is 7.01. The number of rotatable bonds is 19. The highest BCUT2D eigenvalue weighted by Gasteiger charge is 2.68. The third kappa shape index (κ3) is 9.84. The van der Waals surface area contributed by atoms with Gasteiger partial charge in [0.05, 0.1) is 37.4 Å². The molecule has 0 unspecified atom stereocenters. The number of Topliss-reactive ketones (excluding diaryl/α,β-unsaturated/α-hetero) is 1. The average Bonchev–Trinajstić information content (AvgIpc) is 3.32. The lowest BCUT2D eigenvalue weighted by atomic mass is 9.43. The highest BCUT2D eigenvalue weighted by molar-refractivity contribution is 6.47. The molecule has 0 radical (unpaired) electrons. The Balaban J connectivity index is 1.65. The van der Waals surface area contributed by atoms with Gasteiger partial charge in [-0.15, -0.1) is 0 Å². The van der Waals surface area contributed by atoms with E-state index in [2.05, 4.69) is 50.2 Å². The molecule has 4 fully saturated rings. The minimum atomic E-state index is -0.812. The normalized spacial score (nSPS) is 26.4. The summed E-state index contributed by atoms with van der Waals surface area (Å²) in [6.45, 7) is 11.1. The standard InChI is InChI=1S/C29H51BN6O9/c1-18(2)12-24(30-44-23-15-20-14-22(28(20,3)4)29(23,5)45-30)34-26(39)19(8-7-9-32-27(31)35-36(40)41)13-21(37)16-33-25(38)17-43-11-10-42-6/h18-20,22-24H,7-17H2,1-6H3,(H,33,38)(H,34,39)(H3,31,32,35)/t19-,20+,22+,23-,24+,29+/m1/s1. The minimum absolute atomic E-state index is 0.0404. The Morgan fingerprint density at radius 3 is 2.58 bits per heavy atom. The van der Waals surface area contributed by atoms with Gasteiger partial charge in [-0.05, 0) is 62.2 Å². The van der Waals surface area contributed by atoms with Gasteiger partial charge in [0, 0.05) is 26.0 Å². The largest absolute Gasteiger partial charge is 0.481 e. The van der Waals surface area contributed by atoms with Crippen molar-refractivity contribution in [3.8, 4) is 0 Å². The maximum atomic E-state index is 13.8. The van der Waals surface area contributed by atoms with Gasteiger partial charge in [-0.3, -0.25) is 14.4 Å². The molecule has 2 bridgehead atoms. The molecule has 0 spiro atoms. The number of methoxy groups -OCH3 is 1. The zero-order valence-electron chi connectivity index (χ0n) is 27.5. The molecule has 1 aliphatic heterocycles. The molecule has 6 atom stereocenters. The van der Waals surface area contributed by atoms with Crippen LogP contribution in [0.25, 0.3) is 0 Å². The number of hydrogen-bond acceptors (Lipinski definition) is 10. The van der Waals surface area contributed by atoms with E-state index >= 15 is 0 Å². The van der Waals surface area contributed by atoms with Crippen LogP contribution in [0.4, 0.5) is 0 Å². The first-order chi connectivity index (χ1) is 21.2. The minimum Gasteiger partial charge on any atom is -0.404 e. The number of aliphatic imine (C=N–C) groups is 1. The third-order valence-electron chi connectivity index (χ3n) is 9.54. The summed E-state index contributed by atoms with van der Waals surface area (Å²) in [6.07, 6.45) is 3.09. The van der Waals surface area contributed by atoms with Crippen molar-refractivity contribution in [1.82, 2.24) is 16.1 Å². The Morgan fingerprint density at radius 1 is 1.20 bits per heavy atom. The van der Waals surface area contributed by atoms with Crippen LogP contribution in [0, 0.1) is 39.2 Å². The first-order valence-electron chi connectivity index (χ1n) is 15.9. The van der Waals surface area contributed by atoms with Crippen LogP contribution >= 0.6 is 0 Å². The van der Waals surface area contributed by atoms with Crippen molar-refractivity contribution in [2.45, 2.75) is 90.8 Å². The van der Waals surface area contributed by atoms with Crippen molar-refractivity contribution in [1.29, 1.82) is 0 Å². The second-order valence-electron chi connectivity index (χ2n) is 13.6. The molecular formula is C29H51BN6O9. The van der Waals surface area contributed by atoms with Gasteiger partial charge in [0.1, 0.15) is 6.61 Å². The summed E-state index contributed by atoms with van der Waals surface area (Å²) in [5.41, 5.74) is 7.03. The van der Waals surface area contributed by atoms with Gasteiger partial charge in [0.2, 0.25) is 11.8 Å². The monoisotopic (exact) mass is 638 g/mol. The van der Waals surface area contributed by atoms with Crippen LogP contribution < -0.4 is 21.8 Å². The average molecular weight is 639 g/mol. The molecule has 4 rings (SSSR count). The lowest BCUT2D eigenvalue weighted by Gasteiger charge is -2.64. The van der Waals surface area contributed by atoms with Gasteiger partial charge in [0.25, 0.3) is 5.96 Å². The van der Waals surface area contributed by atoms with E-state index in [1.807, 2.05) is 0 Å². The number of ether oxygens (including phenoxy) is 2. The number of nitrogens with two attached hydrogens (primary N) is 1. The molecule has 254 valence electrons. The zero-order valence-corrected chi connectivity index (χ0v) is 27.5. The molecule has 5 N–H and O–H groups in total. The summed E-state index contributed by atoms with van der Waals surface area (Å²) in [5.74, 6) is -1.44. The van der Waals surface area contributed by atoms with Crippen LogP contribution in [0.2, 0.25) is 0 Å². The zero-order chi connectivity index (χ0) is 33.4. The molecule has 3 aliphatic carbocycles. The number of guanidine groups is 1. The number of ketones is 1. The van der Waals surface area contributed by atoms with Gasteiger partial charge in [-0.1, -0.05) is 33.1 Å². The summed E-state index contributed by atoms with van der Waals surface area (Å²) in [6, 6.07) is 0. The van der Waals surface area contributed by atoms with Crippen LogP contribution in [-0.2, 0) is 33.2 Å². The van der Waals surface area contributed by atoms with E-state index in [-0.39, 0.29) is 74.2 Å². The number of hydrazine groups is 1. The van der Waals surface area contributed by atoms with Crippen LogP contribution in [0.3, 0.4) is 0 Å². The molecule has 1 saturated heterocycles. The van der Waals surface area contributed by atoms with E-state index in [1.165, 1.54) is 7.11 Å². The summed E-state index contributed by atoms with van der Waals surface area (Å²) in [5, 5.41) is 15.4.